The number of alkyl halides is 1. The van der Waals surface area contributed by atoms with Gasteiger partial charge >= 0.3 is 0 Å². The van der Waals surface area contributed by atoms with Crippen LogP contribution in [0.3, 0.4) is 0 Å². The van der Waals surface area contributed by atoms with Gasteiger partial charge in [-0.15, -0.1) is 11.6 Å². The number of halogens is 1. The summed E-state index contributed by atoms with van der Waals surface area (Å²) in [4.78, 5) is 0. The average Bonchev–Trinajstić information content (AvgIpc) is 2.42. The highest BCUT2D eigenvalue weighted by molar-refractivity contribution is 6.18. The highest BCUT2D eigenvalue weighted by Gasteiger charge is 2.08. The first kappa shape index (κ1) is 15.1. The van der Waals surface area contributed by atoms with Crippen molar-refractivity contribution in [2.75, 3.05) is 33.8 Å². The van der Waals surface area contributed by atoms with Gasteiger partial charge in [-0.3, -0.25) is 0 Å². The summed E-state index contributed by atoms with van der Waals surface area (Å²) in [6, 6.07) is 5.97. The molecular weight excluding hydrogens is 254 g/mol. The van der Waals surface area contributed by atoms with E-state index in [4.69, 9.17) is 25.8 Å². The van der Waals surface area contributed by atoms with E-state index < -0.39 is 0 Å². The first-order valence-electron chi connectivity index (χ1n) is 5.74. The van der Waals surface area contributed by atoms with Gasteiger partial charge in [0.1, 0.15) is 0 Å². The topological polar surface area (TPSA) is 39.7 Å². The van der Waals surface area contributed by atoms with Gasteiger partial charge in [0, 0.05) is 25.6 Å². The molecule has 1 unspecified atom stereocenters. The standard InChI is InChI=1S/C13H20ClNO3/c1-16-9-11(7-14)15-8-10-4-5-12(17-2)13(6-10)18-3/h4-6,11,15H,7-9H2,1-3H3. The molecule has 0 heterocycles. The summed E-state index contributed by atoms with van der Waals surface area (Å²) in [5.74, 6) is 1.97. The summed E-state index contributed by atoms with van der Waals surface area (Å²) in [7, 11) is 4.91. The minimum absolute atomic E-state index is 0.143. The normalized spacial score (nSPS) is 12.2. The van der Waals surface area contributed by atoms with Crippen LogP contribution < -0.4 is 14.8 Å². The molecule has 0 saturated carbocycles. The Balaban J connectivity index is 2.61. The van der Waals surface area contributed by atoms with Crippen LogP contribution in [0.5, 0.6) is 11.5 Å². The van der Waals surface area contributed by atoms with Gasteiger partial charge in [0.25, 0.3) is 0 Å². The summed E-state index contributed by atoms with van der Waals surface area (Å²) in [6.07, 6.45) is 0. The summed E-state index contributed by atoms with van der Waals surface area (Å²) in [6.45, 7) is 1.30. The Morgan fingerprint density at radius 3 is 2.44 bits per heavy atom. The van der Waals surface area contributed by atoms with E-state index in [0.29, 0.717) is 19.0 Å². The van der Waals surface area contributed by atoms with E-state index in [0.717, 1.165) is 17.1 Å². The van der Waals surface area contributed by atoms with Crippen LogP contribution in [0.25, 0.3) is 0 Å². The number of hydrogen-bond acceptors (Lipinski definition) is 4. The van der Waals surface area contributed by atoms with E-state index in [2.05, 4.69) is 5.32 Å². The molecule has 1 aromatic carbocycles. The molecule has 18 heavy (non-hydrogen) atoms. The third-order valence-electron chi connectivity index (χ3n) is 2.60. The zero-order valence-electron chi connectivity index (χ0n) is 11.0. The van der Waals surface area contributed by atoms with Crippen molar-refractivity contribution in [3.05, 3.63) is 23.8 Å². The fraction of sp³-hybridized carbons (Fsp3) is 0.538. The van der Waals surface area contributed by atoms with Crippen LogP contribution in [0, 0.1) is 0 Å². The molecule has 1 N–H and O–H groups in total. The zero-order chi connectivity index (χ0) is 13.4. The molecule has 0 fully saturated rings. The van der Waals surface area contributed by atoms with Gasteiger partial charge in [0.05, 0.1) is 20.8 Å². The number of hydrogen-bond donors (Lipinski definition) is 1. The van der Waals surface area contributed by atoms with E-state index in [1.54, 1.807) is 21.3 Å². The fourth-order valence-electron chi connectivity index (χ4n) is 1.61. The Kier molecular flexibility index (Phi) is 6.86. The molecule has 0 radical (unpaired) electrons. The third-order valence-corrected chi connectivity index (χ3v) is 2.97. The predicted molar refractivity (Wildman–Crippen MR) is 72.8 cm³/mol. The molecule has 1 rings (SSSR count). The van der Waals surface area contributed by atoms with Crippen LogP contribution in [0.2, 0.25) is 0 Å². The second-order valence-corrected chi connectivity index (χ2v) is 4.19. The van der Waals surface area contributed by atoms with Crippen LogP contribution in [0.4, 0.5) is 0 Å². The van der Waals surface area contributed by atoms with Crippen LogP contribution >= 0.6 is 11.6 Å². The van der Waals surface area contributed by atoms with Crippen LogP contribution in [-0.4, -0.2) is 39.9 Å². The lowest BCUT2D eigenvalue weighted by molar-refractivity contribution is 0.172. The minimum atomic E-state index is 0.143. The highest BCUT2D eigenvalue weighted by Crippen LogP contribution is 2.27. The van der Waals surface area contributed by atoms with Crippen molar-refractivity contribution < 1.29 is 14.2 Å². The summed E-state index contributed by atoms with van der Waals surface area (Å²) in [5, 5.41) is 3.32. The molecular formula is C13H20ClNO3. The third kappa shape index (κ3) is 4.37. The van der Waals surface area contributed by atoms with Crippen molar-refractivity contribution in [1.82, 2.24) is 5.32 Å². The minimum Gasteiger partial charge on any atom is -0.493 e. The van der Waals surface area contributed by atoms with Gasteiger partial charge in [-0.05, 0) is 17.7 Å². The Hall–Kier alpha value is -0.970. The highest BCUT2D eigenvalue weighted by atomic mass is 35.5. The van der Waals surface area contributed by atoms with Gasteiger partial charge in [0.15, 0.2) is 11.5 Å². The maximum atomic E-state index is 5.83. The molecule has 0 aliphatic carbocycles. The Morgan fingerprint density at radius 2 is 1.89 bits per heavy atom. The van der Waals surface area contributed by atoms with Gasteiger partial charge in [-0.25, -0.2) is 0 Å². The SMILES string of the molecule is COCC(CCl)NCc1ccc(OC)c(OC)c1. The monoisotopic (exact) mass is 273 g/mol. The smallest absolute Gasteiger partial charge is 0.161 e. The van der Waals surface area contributed by atoms with Crippen molar-refractivity contribution >= 4 is 11.6 Å². The van der Waals surface area contributed by atoms with Crippen molar-refractivity contribution in [1.29, 1.82) is 0 Å². The van der Waals surface area contributed by atoms with Gasteiger partial charge in [0.2, 0.25) is 0 Å². The summed E-state index contributed by atoms with van der Waals surface area (Å²) < 4.78 is 15.5. The van der Waals surface area contributed by atoms with Crippen molar-refractivity contribution in [3.63, 3.8) is 0 Å². The molecule has 0 spiro atoms. The molecule has 0 saturated heterocycles. The Bertz CT molecular complexity index is 360. The molecule has 0 amide bonds. The largest absolute Gasteiger partial charge is 0.493 e. The molecule has 0 aromatic heterocycles. The Labute approximate surface area is 113 Å². The van der Waals surface area contributed by atoms with Crippen molar-refractivity contribution in [3.8, 4) is 11.5 Å². The van der Waals surface area contributed by atoms with Crippen LogP contribution in [-0.2, 0) is 11.3 Å². The second kappa shape index (κ2) is 8.19. The van der Waals surface area contributed by atoms with Crippen LogP contribution in [0.1, 0.15) is 5.56 Å². The maximum absolute atomic E-state index is 5.83. The molecule has 0 aliphatic rings. The molecule has 1 atom stereocenters. The summed E-state index contributed by atoms with van der Waals surface area (Å²) >= 11 is 5.83. The fourth-order valence-corrected chi connectivity index (χ4v) is 1.81. The number of ether oxygens (including phenoxy) is 3. The maximum Gasteiger partial charge on any atom is 0.161 e. The molecule has 5 heteroatoms. The predicted octanol–water partition coefficient (Wildman–Crippen LogP) is 2.05. The summed E-state index contributed by atoms with van der Waals surface area (Å²) in [5.41, 5.74) is 1.11. The first-order valence-corrected chi connectivity index (χ1v) is 6.27. The van der Waals surface area contributed by atoms with Crippen molar-refractivity contribution in [2.45, 2.75) is 12.6 Å². The number of methoxy groups -OCH3 is 3. The van der Waals surface area contributed by atoms with Gasteiger partial charge in [-0.1, -0.05) is 6.07 Å². The Morgan fingerprint density at radius 1 is 1.17 bits per heavy atom. The first-order chi connectivity index (χ1) is 8.74. The lowest BCUT2D eigenvalue weighted by Gasteiger charge is -2.15. The average molecular weight is 274 g/mol. The van der Waals surface area contributed by atoms with Crippen molar-refractivity contribution in [2.24, 2.45) is 0 Å². The van der Waals surface area contributed by atoms with Crippen LogP contribution in [0.15, 0.2) is 18.2 Å². The van der Waals surface area contributed by atoms with Gasteiger partial charge < -0.3 is 19.5 Å². The molecule has 1 aromatic rings. The number of nitrogens with one attached hydrogen (secondary N) is 1. The molecule has 0 bridgehead atoms. The van der Waals surface area contributed by atoms with E-state index in [-0.39, 0.29) is 6.04 Å². The molecule has 4 nitrogen and oxygen atoms in total. The van der Waals surface area contributed by atoms with E-state index in [1.807, 2.05) is 18.2 Å². The molecule has 0 aliphatic heterocycles. The second-order valence-electron chi connectivity index (χ2n) is 3.88. The lowest BCUT2D eigenvalue weighted by atomic mass is 10.2. The number of benzene rings is 1. The quantitative estimate of drug-likeness (QED) is 0.736. The zero-order valence-corrected chi connectivity index (χ0v) is 11.8. The van der Waals surface area contributed by atoms with E-state index >= 15 is 0 Å². The van der Waals surface area contributed by atoms with E-state index in [9.17, 15) is 0 Å². The van der Waals surface area contributed by atoms with Gasteiger partial charge in [-0.2, -0.15) is 0 Å². The molecule has 102 valence electrons. The lowest BCUT2D eigenvalue weighted by Crippen LogP contribution is -2.34. The van der Waals surface area contributed by atoms with E-state index in [1.165, 1.54) is 0 Å². The number of rotatable bonds is 8.